The molecule has 3 rings (SSSR count). The molecule has 0 fully saturated rings. The molecule has 0 radical (unpaired) electrons. The van der Waals surface area contributed by atoms with Gasteiger partial charge in [-0.15, -0.1) is 0 Å². The van der Waals surface area contributed by atoms with E-state index in [1.165, 1.54) is 17.7 Å². The molecule has 5 nitrogen and oxygen atoms in total. The van der Waals surface area contributed by atoms with Gasteiger partial charge in [-0.25, -0.2) is 4.39 Å². The zero-order valence-electron chi connectivity index (χ0n) is 21.5. The van der Waals surface area contributed by atoms with Crippen LogP contribution in [-0.2, 0) is 17.8 Å². The third-order valence-corrected chi connectivity index (χ3v) is 7.11. The largest absolute Gasteiger partial charge is 0.375 e. The highest BCUT2D eigenvalue weighted by atomic mass is 32.2. The van der Waals surface area contributed by atoms with Crippen LogP contribution in [-0.4, -0.2) is 31.4 Å². The molecule has 0 aromatic heterocycles. The number of benzene rings is 3. The van der Waals surface area contributed by atoms with Gasteiger partial charge in [0.2, 0.25) is 0 Å². The molecule has 0 aliphatic heterocycles. The zero-order chi connectivity index (χ0) is 26.1. The molecule has 0 aliphatic carbocycles. The molecular formula is C29H36FN3O2S. The molecule has 1 unspecified atom stereocenters. The minimum absolute atomic E-state index is 0.199. The number of ether oxygens (including phenoxy) is 1. The maximum Gasteiger partial charge on any atom is 0.251 e. The summed E-state index contributed by atoms with van der Waals surface area (Å²) in [6.45, 7) is 4.71. The van der Waals surface area contributed by atoms with Crippen LogP contribution in [0.2, 0.25) is 0 Å². The van der Waals surface area contributed by atoms with Crippen LogP contribution in [0.1, 0.15) is 53.4 Å². The van der Waals surface area contributed by atoms with Crippen LogP contribution in [0.5, 0.6) is 0 Å². The van der Waals surface area contributed by atoms with E-state index in [1.807, 2.05) is 60.9 Å². The fourth-order valence-electron chi connectivity index (χ4n) is 3.94. The Labute approximate surface area is 218 Å². The van der Waals surface area contributed by atoms with Crippen molar-refractivity contribution < 1.29 is 13.9 Å². The molecule has 36 heavy (non-hydrogen) atoms. The predicted molar refractivity (Wildman–Crippen MR) is 148 cm³/mol. The molecule has 192 valence electrons. The summed E-state index contributed by atoms with van der Waals surface area (Å²) < 4.78 is 21.4. The first-order chi connectivity index (χ1) is 17.2. The Hall–Kier alpha value is -2.87. The van der Waals surface area contributed by atoms with Crippen molar-refractivity contribution in [2.24, 2.45) is 5.73 Å². The Morgan fingerprint density at radius 2 is 1.81 bits per heavy atom. The number of hydrogen-bond acceptors (Lipinski definition) is 5. The number of nitrogens with two attached hydrogens (primary N) is 1. The fraction of sp³-hybridized carbons (Fsp3) is 0.345. The maximum atomic E-state index is 13.3. The van der Waals surface area contributed by atoms with Gasteiger partial charge in [-0.05, 0) is 66.8 Å². The smallest absolute Gasteiger partial charge is 0.251 e. The van der Waals surface area contributed by atoms with Crippen molar-refractivity contribution in [1.82, 2.24) is 5.32 Å². The van der Waals surface area contributed by atoms with Gasteiger partial charge in [0.25, 0.3) is 5.91 Å². The first kappa shape index (κ1) is 27.7. The van der Waals surface area contributed by atoms with Crippen molar-refractivity contribution in [2.45, 2.75) is 44.9 Å². The summed E-state index contributed by atoms with van der Waals surface area (Å²) >= 11 is 1.56. The molecule has 0 saturated heterocycles. The first-order valence-electron chi connectivity index (χ1n) is 12.1. The van der Waals surface area contributed by atoms with E-state index >= 15 is 0 Å². The molecular weight excluding hydrogens is 473 g/mol. The normalized spacial score (nSPS) is 13.6. The van der Waals surface area contributed by atoms with Gasteiger partial charge >= 0.3 is 0 Å². The highest BCUT2D eigenvalue weighted by molar-refractivity contribution is 7.99. The third kappa shape index (κ3) is 7.82. The minimum atomic E-state index is -0.472. The topological polar surface area (TPSA) is 67.6 Å². The van der Waals surface area contributed by atoms with E-state index < -0.39 is 5.54 Å². The van der Waals surface area contributed by atoms with Crippen molar-refractivity contribution in [3.8, 4) is 0 Å². The van der Waals surface area contributed by atoms with Crippen molar-refractivity contribution in [3.63, 3.8) is 0 Å². The van der Waals surface area contributed by atoms with E-state index in [0.717, 1.165) is 29.7 Å². The standard InChI is InChI=1S/C29H36FN3O2S/c1-5-29(31,18-22-9-7-6-8-10-22)20-35-19-23-15-25(17-27(16-23)33(3)36-4)28(34)32-21(2)24-11-13-26(30)14-12-24/h6-17,21H,5,18-20,31H2,1-4H3,(H,32,34)/t21-,29?/m1/s1. The van der Waals surface area contributed by atoms with E-state index in [0.29, 0.717) is 18.8 Å². The number of nitrogens with zero attached hydrogens (tertiary/aromatic N) is 1. The Kier molecular flexibility index (Phi) is 9.93. The summed E-state index contributed by atoms with van der Waals surface area (Å²) in [6.07, 6.45) is 3.49. The molecule has 3 aromatic rings. The van der Waals surface area contributed by atoms with Crippen molar-refractivity contribution in [1.29, 1.82) is 0 Å². The van der Waals surface area contributed by atoms with Gasteiger partial charge in [-0.2, -0.15) is 0 Å². The summed E-state index contributed by atoms with van der Waals surface area (Å²) in [5.41, 5.74) is 10.6. The lowest BCUT2D eigenvalue weighted by molar-refractivity contribution is 0.0710. The lowest BCUT2D eigenvalue weighted by Crippen LogP contribution is -2.46. The van der Waals surface area contributed by atoms with Gasteiger partial charge in [0.1, 0.15) is 5.82 Å². The van der Waals surface area contributed by atoms with Crippen LogP contribution in [0.25, 0.3) is 0 Å². The van der Waals surface area contributed by atoms with Gasteiger partial charge in [0.05, 0.1) is 19.3 Å². The quantitative estimate of drug-likeness (QED) is 0.298. The highest BCUT2D eigenvalue weighted by Crippen LogP contribution is 2.24. The lowest BCUT2D eigenvalue weighted by Gasteiger charge is -2.28. The molecule has 0 heterocycles. The summed E-state index contributed by atoms with van der Waals surface area (Å²) in [7, 11) is 1.95. The number of nitrogens with one attached hydrogen (secondary N) is 1. The van der Waals surface area contributed by atoms with Crippen molar-refractivity contribution in [2.75, 3.05) is 24.2 Å². The maximum absolute atomic E-state index is 13.3. The van der Waals surface area contributed by atoms with Crippen LogP contribution in [0, 0.1) is 5.82 Å². The van der Waals surface area contributed by atoms with Crippen LogP contribution in [0.15, 0.2) is 72.8 Å². The monoisotopic (exact) mass is 509 g/mol. The summed E-state index contributed by atoms with van der Waals surface area (Å²) in [5, 5.41) is 3.01. The average Bonchev–Trinajstić information content (AvgIpc) is 2.89. The molecule has 7 heteroatoms. The number of anilines is 1. The summed E-state index contributed by atoms with van der Waals surface area (Å²) in [6, 6.07) is 21.8. The second kappa shape index (κ2) is 12.9. The molecule has 0 saturated carbocycles. The molecule has 1 amide bonds. The molecule has 2 atom stereocenters. The van der Waals surface area contributed by atoms with Gasteiger partial charge in [0.15, 0.2) is 0 Å². The van der Waals surface area contributed by atoms with Crippen LogP contribution < -0.4 is 15.4 Å². The summed E-state index contributed by atoms with van der Waals surface area (Å²) in [5.74, 6) is -0.502. The average molecular weight is 510 g/mol. The molecule has 0 bridgehead atoms. The van der Waals surface area contributed by atoms with Crippen LogP contribution >= 0.6 is 11.9 Å². The number of carbonyl (C=O) groups excluding carboxylic acids is 1. The van der Waals surface area contributed by atoms with E-state index in [1.54, 1.807) is 24.1 Å². The second-order valence-electron chi connectivity index (χ2n) is 9.19. The number of halogens is 1. The molecule has 3 aromatic carbocycles. The Morgan fingerprint density at radius 1 is 1.11 bits per heavy atom. The van der Waals surface area contributed by atoms with Crippen LogP contribution in [0.4, 0.5) is 10.1 Å². The van der Waals surface area contributed by atoms with Crippen molar-refractivity contribution in [3.05, 3.63) is 101 Å². The number of hydrogen-bond donors (Lipinski definition) is 2. The summed E-state index contributed by atoms with van der Waals surface area (Å²) in [4.78, 5) is 13.1. The van der Waals surface area contributed by atoms with Crippen LogP contribution in [0.3, 0.4) is 0 Å². The van der Waals surface area contributed by atoms with E-state index in [-0.39, 0.29) is 17.8 Å². The van der Waals surface area contributed by atoms with Gasteiger partial charge in [-0.1, -0.05) is 61.3 Å². The Morgan fingerprint density at radius 3 is 2.44 bits per heavy atom. The molecule has 0 spiro atoms. The van der Waals surface area contributed by atoms with E-state index in [4.69, 9.17) is 10.5 Å². The SMILES string of the molecule is CCC(N)(COCc1cc(C(=O)N[C@H](C)c2ccc(F)cc2)cc(N(C)SC)c1)Cc1ccccc1. The van der Waals surface area contributed by atoms with E-state index in [2.05, 4.69) is 24.4 Å². The number of amides is 1. The fourth-order valence-corrected chi connectivity index (χ4v) is 4.26. The Balaban J connectivity index is 1.71. The lowest BCUT2D eigenvalue weighted by atomic mass is 9.90. The number of carbonyl (C=O) groups is 1. The first-order valence-corrected chi connectivity index (χ1v) is 13.3. The Bertz CT molecular complexity index is 1130. The second-order valence-corrected chi connectivity index (χ2v) is 10.1. The molecule has 0 aliphatic rings. The van der Waals surface area contributed by atoms with E-state index in [9.17, 15) is 9.18 Å². The zero-order valence-corrected chi connectivity index (χ0v) is 22.3. The third-order valence-electron chi connectivity index (χ3n) is 6.36. The van der Waals surface area contributed by atoms with Gasteiger partial charge in [0, 0.05) is 30.1 Å². The van der Waals surface area contributed by atoms with Crippen molar-refractivity contribution >= 4 is 23.5 Å². The predicted octanol–water partition coefficient (Wildman–Crippen LogP) is 5.90. The number of rotatable bonds is 12. The minimum Gasteiger partial charge on any atom is -0.375 e. The molecule has 3 N–H and O–H groups in total. The highest BCUT2D eigenvalue weighted by Gasteiger charge is 2.24. The van der Waals surface area contributed by atoms with Gasteiger partial charge < -0.3 is 20.1 Å². The van der Waals surface area contributed by atoms with Gasteiger partial charge in [-0.3, -0.25) is 4.79 Å².